The highest BCUT2D eigenvalue weighted by molar-refractivity contribution is 5.93. The van der Waals surface area contributed by atoms with Crippen LogP contribution in [0.3, 0.4) is 0 Å². The highest BCUT2D eigenvalue weighted by Gasteiger charge is 2.36. The lowest BCUT2D eigenvalue weighted by Crippen LogP contribution is -2.49. The van der Waals surface area contributed by atoms with Crippen molar-refractivity contribution < 1.29 is 9.18 Å². The standard InChI is InChI=1S/C19H22FN3O/c20-15-9-7-13(8-10-15)16-12-17(22-21-16)19(24)23-11-3-5-14-4-1-2-6-18(14)23/h7-10,12,14,18H,1-6,11H2,(H,21,22)/t14-,18-/m0/s1. The summed E-state index contributed by atoms with van der Waals surface area (Å²) in [5.41, 5.74) is 2.01. The van der Waals surface area contributed by atoms with E-state index in [1.807, 2.05) is 0 Å². The van der Waals surface area contributed by atoms with Gasteiger partial charge in [0.05, 0.1) is 5.69 Å². The normalized spacial score (nSPS) is 23.8. The Morgan fingerprint density at radius 2 is 1.88 bits per heavy atom. The molecule has 2 atom stereocenters. The molecule has 1 amide bonds. The largest absolute Gasteiger partial charge is 0.334 e. The predicted molar refractivity (Wildman–Crippen MR) is 90.0 cm³/mol. The van der Waals surface area contributed by atoms with Crippen LogP contribution in [0.1, 0.15) is 49.0 Å². The molecule has 1 aliphatic heterocycles. The summed E-state index contributed by atoms with van der Waals surface area (Å²) < 4.78 is 13.0. The molecule has 2 fully saturated rings. The lowest BCUT2D eigenvalue weighted by atomic mass is 9.78. The molecule has 126 valence electrons. The van der Waals surface area contributed by atoms with Crippen LogP contribution in [0.5, 0.6) is 0 Å². The van der Waals surface area contributed by atoms with Crippen molar-refractivity contribution in [3.8, 4) is 11.3 Å². The third-order valence-corrected chi connectivity index (χ3v) is 5.45. The average Bonchev–Trinajstić information content (AvgIpc) is 3.11. The minimum Gasteiger partial charge on any atom is -0.334 e. The molecule has 1 aromatic carbocycles. The Hall–Kier alpha value is -2.17. The predicted octanol–water partition coefficient (Wildman–Crippen LogP) is 4.01. The van der Waals surface area contributed by atoms with E-state index in [2.05, 4.69) is 15.1 Å². The summed E-state index contributed by atoms with van der Waals surface area (Å²) in [4.78, 5) is 15.0. The van der Waals surface area contributed by atoms with Gasteiger partial charge in [0.15, 0.2) is 0 Å². The minimum atomic E-state index is -0.276. The van der Waals surface area contributed by atoms with Crippen LogP contribution in [0, 0.1) is 11.7 Å². The van der Waals surface area contributed by atoms with Gasteiger partial charge in [-0.25, -0.2) is 4.39 Å². The number of nitrogens with zero attached hydrogens (tertiary/aromatic N) is 2. The van der Waals surface area contributed by atoms with Crippen molar-refractivity contribution >= 4 is 5.91 Å². The van der Waals surface area contributed by atoms with Crippen molar-refractivity contribution in [1.29, 1.82) is 0 Å². The maximum atomic E-state index is 13.0. The third kappa shape index (κ3) is 2.83. The third-order valence-electron chi connectivity index (χ3n) is 5.45. The van der Waals surface area contributed by atoms with Gasteiger partial charge in [0.25, 0.3) is 5.91 Å². The second kappa shape index (κ2) is 6.38. The first-order chi connectivity index (χ1) is 11.7. The lowest BCUT2D eigenvalue weighted by molar-refractivity contribution is 0.0385. The Labute approximate surface area is 141 Å². The summed E-state index contributed by atoms with van der Waals surface area (Å²) in [5.74, 6) is 0.436. The molecule has 24 heavy (non-hydrogen) atoms. The molecule has 0 unspecified atom stereocenters. The van der Waals surface area contributed by atoms with Crippen LogP contribution in [0.15, 0.2) is 30.3 Å². The van der Waals surface area contributed by atoms with E-state index < -0.39 is 0 Å². The molecule has 2 aliphatic rings. The highest BCUT2D eigenvalue weighted by atomic mass is 19.1. The number of hydrogen-bond donors (Lipinski definition) is 1. The van der Waals surface area contributed by atoms with E-state index in [-0.39, 0.29) is 11.7 Å². The fraction of sp³-hybridized carbons (Fsp3) is 0.474. The van der Waals surface area contributed by atoms with Gasteiger partial charge in [-0.2, -0.15) is 5.10 Å². The van der Waals surface area contributed by atoms with Gasteiger partial charge in [-0.1, -0.05) is 12.8 Å². The molecule has 1 saturated heterocycles. The quantitative estimate of drug-likeness (QED) is 0.906. The van der Waals surface area contributed by atoms with Crippen molar-refractivity contribution in [2.45, 2.75) is 44.6 Å². The monoisotopic (exact) mass is 327 g/mol. The number of piperidine rings is 1. The van der Waals surface area contributed by atoms with E-state index in [9.17, 15) is 9.18 Å². The van der Waals surface area contributed by atoms with Crippen LogP contribution in [0.2, 0.25) is 0 Å². The molecule has 0 spiro atoms. The number of hydrogen-bond acceptors (Lipinski definition) is 2. The Morgan fingerprint density at radius 3 is 2.71 bits per heavy atom. The number of nitrogens with one attached hydrogen (secondary N) is 1. The summed E-state index contributed by atoms with van der Waals surface area (Å²) in [6.07, 6.45) is 7.22. The maximum Gasteiger partial charge on any atom is 0.272 e. The number of aromatic amines is 1. The van der Waals surface area contributed by atoms with Crippen molar-refractivity contribution in [3.63, 3.8) is 0 Å². The first-order valence-corrected chi connectivity index (χ1v) is 8.85. The van der Waals surface area contributed by atoms with Crippen LogP contribution in [-0.4, -0.2) is 33.6 Å². The molecule has 1 saturated carbocycles. The smallest absolute Gasteiger partial charge is 0.272 e. The van der Waals surface area contributed by atoms with E-state index >= 15 is 0 Å². The van der Waals surface area contributed by atoms with E-state index in [0.29, 0.717) is 23.3 Å². The van der Waals surface area contributed by atoms with E-state index in [1.165, 1.54) is 37.8 Å². The summed E-state index contributed by atoms with van der Waals surface area (Å²) >= 11 is 0. The highest BCUT2D eigenvalue weighted by Crippen LogP contribution is 2.36. The number of aromatic nitrogens is 2. The number of carbonyl (C=O) groups excluding carboxylic acids is 1. The summed E-state index contributed by atoms with van der Waals surface area (Å²) in [5, 5.41) is 7.12. The number of amides is 1. The molecule has 4 rings (SSSR count). The molecular weight excluding hydrogens is 305 g/mol. The van der Waals surface area contributed by atoms with Gasteiger partial charge in [0.1, 0.15) is 11.5 Å². The number of rotatable bonds is 2. The number of carbonyl (C=O) groups is 1. The molecule has 1 aliphatic carbocycles. The van der Waals surface area contributed by atoms with Crippen LogP contribution in [0.25, 0.3) is 11.3 Å². The molecule has 1 aromatic heterocycles. The van der Waals surface area contributed by atoms with Crippen molar-refractivity contribution in [2.24, 2.45) is 5.92 Å². The maximum absolute atomic E-state index is 13.0. The number of H-pyrrole nitrogens is 1. The molecule has 2 aromatic rings. The Kier molecular flexibility index (Phi) is 4.08. The van der Waals surface area contributed by atoms with Crippen LogP contribution < -0.4 is 0 Å². The average molecular weight is 327 g/mol. The fourth-order valence-electron chi connectivity index (χ4n) is 4.23. The van der Waals surface area contributed by atoms with Gasteiger partial charge >= 0.3 is 0 Å². The topological polar surface area (TPSA) is 49.0 Å². The molecular formula is C19H22FN3O. The van der Waals surface area contributed by atoms with Gasteiger partial charge < -0.3 is 4.90 Å². The van der Waals surface area contributed by atoms with E-state index in [1.54, 1.807) is 18.2 Å². The summed E-state index contributed by atoms with van der Waals surface area (Å²) in [6.45, 7) is 0.838. The lowest BCUT2D eigenvalue weighted by Gasteiger charge is -2.43. The van der Waals surface area contributed by atoms with Gasteiger partial charge in [-0.15, -0.1) is 0 Å². The molecule has 5 heteroatoms. The SMILES string of the molecule is O=C(c1cc(-c2ccc(F)cc2)n[nH]1)N1CCC[C@@H]2CCCC[C@@H]21. The zero-order valence-electron chi connectivity index (χ0n) is 13.7. The van der Waals surface area contributed by atoms with Gasteiger partial charge in [0.2, 0.25) is 0 Å². The van der Waals surface area contributed by atoms with Gasteiger partial charge in [-0.3, -0.25) is 9.89 Å². The van der Waals surface area contributed by atoms with Gasteiger partial charge in [-0.05, 0) is 61.9 Å². The Bertz CT molecular complexity index is 722. The van der Waals surface area contributed by atoms with Crippen molar-refractivity contribution in [3.05, 3.63) is 41.8 Å². The zero-order chi connectivity index (χ0) is 16.5. The first-order valence-electron chi connectivity index (χ1n) is 8.85. The van der Waals surface area contributed by atoms with E-state index in [4.69, 9.17) is 0 Å². The second-order valence-electron chi connectivity index (χ2n) is 6.93. The molecule has 4 nitrogen and oxygen atoms in total. The summed E-state index contributed by atoms with van der Waals surface area (Å²) in [6, 6.07) is 8.33. The van der Waals surface area contributed by atoms with Crippen molar-refractivity contribution in [2.75, 3.05) is 6.54 Å². The Morgan fingerprint density at radius 1 is 1.12 bits per heavy atom. The zero-order valence-corrected chi connectivity index (χ0v) is 13.7. The van der Waals surface area contributed by atoms with E-state index in [0.717, 1.165) is 24.9 Å². The molecule has 1 N–H and O–H groups in total. The minimum absolute atomic E-state index is 0.0486. The van der Waals surface area contributed by atoms with Crippen LogP contribution in [0.4, 0.5) is 4.39 Å². The number of halogens is 1. The van der Waals surface area contributed by atoms with Crippen LogP contribution in [-0.2, 0) is 0 Å². The molecule has 0 radical (unpaired) electrons. The first kappa shape index (κ1) is 15.4. The molecule has 0 bridgehead atoms. The number of benzene rings is 1. The van der Waals surface area contributed by atoms with Crippen molar-refractivity contribution in [1.82, 2.24) is 15.1 Å². The van der Waals surface area contributed by atoms with Crippen LogP contribution >= 0.6 is 0 Å². The fourth-order valence-corrected chi connectivity index (χ4v) is 4.23. The second-order valence-corrected chi connectivity index (χ2v) is 6.93. The van der Waals surface area contributed by atoms with Gasteiger partial charge in [0, 0.05) is 18.2 Å². The number of likely N-dealkylation sites (tertiary alicyclic amines) is 1. The number of fused-ring (bicyclic) bond motifs is 1. The molecule has 2 heterocycles. The Balaban J connectivity index is 1.55. The summed E-state index contributed by atoms with van der Waals surface area (Å²) in [7, 11) is 0.